The minimum atomic E-state index is -1.02. The molecule has 0 aliphatic rings. The number of rotatable bonds is 5. The van der Waals surface area contributed by atoms with Crippen molar-refractivity contribution in [1.82, 2.24) is 9.55 Å². The van der Waals surface area contributed by atoms with E-state index in [9.17, 15) is 9.59 Å². The van der Waals surface area contributed by atoms with Crippen molar-refractivity contribution in [2.24, 2.45) is 0 Å². The van der Waals surface area contributed by atoms with Crippen molar-refractivity contribution in [2.75, 3.05) is 14.2 Å². The molecule has 2 rings (SSSR count). The van der Waals surface area contributed by atoms with Crippen molar-refractivity contribution in [3.05, 3.63) is 30.1 Å². The number of carbonyl (C=O) groups is 2. The lowest BCUT2D eigenvalue weighted by Crippen LogP contribution is -2.29. The molecule has 0 aliphatic heterocycles. The Morgan fingerprint density at radius 1 is 1.40 bits per heavy atom. The van der Waals surface area contributed by atoms with Crippen LogP contribution in [0.15, 0.2) is 24.5 Å². The van der Waals surface area contributed by atoms with Gasteiger partial charge in [0.05, 0.1) is 36.6 Å². The number of imidazole rings is 1. The summed E-state index contributed by atoms with van der Waals surface area (Å²) in [4.78, 5) is 26.6. The molecule has 1 atom stereocenters. The summed E-state index contributed by atoms with van der Waals surface area (Å²) >= 11 is 0. The average Bonchev–Trinajstić information content (AvgIpc) is 2.86. The summed E-state index contributed by atoms with van der Waals surface area (Å²) in [5, 5.41) is 9.00. The first-order chi connectivity index (χ1) is 9.56. The van der Waals surface area contributed by atoms with Crippen LogP contribution >= 0.6 is 0 Å². The minimum absolute atomic E-state index is 0.159. The van der Waals surface area contributed by atoms with Gasteiger partial charge in [-0.1, -0.05) is 0 Å². The zero-order valence-electron chi connectivity index (χ0n) is 11.1. The number of fused-ring (bicyclic) bond motifs is 1. The van der Waals surface area contributed by atoms with Crippen molar-refractivity contribution in [3.63, 3.8) is 0 Å². The Hall–Kier alpha value is -2.41. The number of aromatic nitrogens is 2. The summed E-state index contributed by atoms with van der Waals surface area (Å²) < 4.78 is 11.4. The lowest BCUT2D eigenvalue weighted by molar-refractivity contribution is -0.153. The van der Waals surface area contributed by atoms with E-state index in [4.69, 9.17) is 9.84 Å². The van der Waals surface area contributed by atoms with Gasteiger partial charge in [0.1, 0.15) is 0 Å². The molecular weight excluding hydrogens is 264 g/mol. The Bertz CT molecular complexity index is 649. The van der Waals surface area contributed by atoms with Crippen LogP contribution in [0.1, 0.15) is 10.4 Å². The molecule has 0 bridgehead atoms. The first-order valence-corrected chi connectivity index (χ1v) is 5.85. The maximum atomic E-state index is 11.5. The molecule has 0 radical (unpaired) electrons. The highest BCUT2D eigenvalue weighted by Gasteiger charge is 2.20. The number of hydrogen-bond acceptors (Lipinski definition) is 5. The van der Waals surface area contributed by atoms with Crippen LogP contribution in [0.2, 0.25) is 0 Å². The topological polar surface area (TPSA) is 90.7 Å². The van der Waals surface area contributed by atoms with Gasteiger partial charge in [-0.15, -0.1) is 0 Å². The second kappa shape index (κ2) is 5.70. The summed E-state index contributed by atoms with van der Waals surface area (Å²) in [7, 11) is 2.69. The number of benzene rings is 1. The number of methoxy groups -OCH3 is 2. The van der Waals surface area contributed by atoms with Gasteiger partial charge in [-0.3, -0.25) is 0 Å². The fourth-order valence-corrected chi connectivity index (χ4v) is 1.89. The number of esters is 1. The maximum absolute atomic E-state index is 11.5. The molecule has 0 aliphatic carbocycles. The minimum Gasteiger partial charge on any atom is -0.478 e. The van der Waals surface area contributed by atoms with Gasteiger partial charge < -0.3 is 19.1 Å². The Labute approximate surface area is 114 Å². The van der Waals surface area contributed by atoms with Crippen LogP contribution in [0.25, 0.3) is 11.0 Å². The number of carboxylic acid groups (broad SMARTS) is 1. The van der Waals surface area contributed by atoms with Gasteiger partial charge >= 0.3 is 11.9 Å². The smallest absolute Gasteiger partial charge is 0.336 e. The molecule has 1 unspecified atom stereocenters. The SMILES string of the molecule is COC(=O)C(Cn1cnc2ccc(C(=O)O)cc21)OC. The van der Waals surface area contributed by atoms with E-state index in [1.165, 1.54) is 32.7 Å². The average molecular weight is 278 g/mol. The molecule has 0 spiro atoms. The number of aromatic carboxylic acids is 1. The van der Waals surface area contributed by atoms with E-state index < -0.39 is 18.0 Å². The fourth-order valence-electron chi connectivity index (χ4n) is 1.89. The summed E-state index contributed by atoms with van der Waals surface area (Å²) in [5.74, 6) is -1.51. The molecule has 7 heteroatoms. The summed E-state index contributed by atoms with van der Waals surface area (Å²) in [6, 6.07) is 4.61. The number of hydrogen-bond donors (Lipinski definition) is 1. The van der Waals surface area contributed by atoms with E-state index >= 15 is 0 Å². The maximum Gasteiger partial charge on any atom is 0.336 e. The third kappa shape index (κ3) is 2.62. The Morgan fingerprint density at radius 3 is 2.75 bits per heavy atom. The molecule has 1 aromatic heterocycles. The molecule has 20 heavy (non-hydrogen) atoms. The van der Waals surface area contributed by atoms with Crippen molar-refractivity contribution >= 4 is 23.0 Å². The second-order valence-corrected chi connectivity index (χ2v) is 4.15. The van der Waals surface area contributed by atoms with Crippen LogP contribution < -0.4 is 0 Å². The second-order valence-electron chi connectivity index (χ2n) is 4.15. The molecule has 1 aromatic carbocycles. The molecule has 1 N–H and O–H groups in total. The zero-order chi connectivity index (χ0) is 14.7. The first kappa shape index (κ1) is 14.0. The lowest BCUT2D eigenvalue weighted by Gasteiger charge is -2.14. The lowest BCUT2D eigenvalue weighted by atomic mass is 10.2. The summed E-state index contributed by atoms with van der Waals surface area (Å²) in [6.07, 6.45) is 0.761. The van der Waals surface area contributed by atoms with Crippen LogP contribution in [-0.4, -0.2) is 46.9 Å². The van der Waals surface area contributed by atoms with E-state index in [-0.39, 0.29) is 12.1 Å². The van der Waals surface area contributed by atoms with Gasteiger partial charge in [0.15, 0.2) is 6.10 Å². The van der Waals surface area contributed by atoms with Crippen LogP contribution in [0, 0.1) is 0 Å². The van der Waals surface area contributed by atoms with Crippen molar-refractivity contribution in [2.45, 2.75) is 12.6 Å². The zero-order valence-corrected chi connectivity index (χ0v) is 11.1. The largest absolute Gasteiger partial charge is 0.478 e. The molecule has 2 aromatic rings. The summed E-state index contributed by atoms with van der Waals surface area (Å²) in [5.41, 5.74) is 1.43. The van der Waals surface area contributed by atoms with Gasteiger partial charge in [0.25, 0.3) is 0 Å². The third-order valence-electron chi connectivity index (χ3n) is 2.98. The Kier molecular flexibility index (Phi) is 3.99. The van der Waals surface area contributed by atoms with Crippen LogP contribution in [0.4, 0.5) is 0 Å². The standard InChI is InChI=1S/C13H14N2O5/c1-19-11(13(18)20-2)6-15-7-14-9-4-3-8(12(16)17)5-10(9)15/h3-5,7,11H,6H2,1-2H3,(H,16,17). The van der Waals surface area contributed by atoms with E-state index in [1.54, 1.807) is 10.6 Å². The quantitative estimate of drug-likeness (QED) is 0.818. The third-order valence-corrected chi connectivity index (χ3v) is 2.98. The summed E-state index contributed by atoms with van der Waals surface area (Å²) in [6.45, 7) is 0.197. The fraction of sp³-hybridized carbons (Fsp3) is 0.308. The first-order valence-electron chi connectivity index (χ1n) is 5.85. The van der Waals surface area contributed by atoms with E-state index in [1.807, 2.05) is 0 Å². The van der Waals surface area contributed by atoms with Crippen LogP contribution in [0.5, 0.6) is 0 Å². The number of carbonyl (C=O) groups excluding carboxylic acids is 1. The molecule has 1 heterocycles. The van der Waals surface area contributed by atoms with Crippen LogP contribution in [0.3, 0.4) is 0 Å². The Balaban J connectivity index is 2.36. The number of nitrogens with zero attached hydrogens (tertiary/aromatic N) is 2. The van der Waals surface area contributed by atoms with Crippen molar-refractivity contribution in [3.8, 4) is 0 Å². The highest BCUT2D eigenvalue weighted by Crippen LogP contribution is 2.16. The Morgan fingerprint density at radius 2 is 2.15 bits per heavy atom. The van der Waals surface area contributed by atoms with Crippen LogP contribution in [-0.2, 0) is 20.8 Å². The molecule has 0 fully saturated rings. The van der Waals surface area contributed by atoms with Crippen molar-refractivity contribution in [1.29, 1.82) is 0 Å². The molecule has 0 amide bonds. The van der Waals surface area contributed by atoms with E-state index in [0.717, 1.165) is 0 Å². The molecule has 0 saturated carbocycles. The monoisotopic (exact) mass is 278 g/mol. The molecule has 7 nitrogen and oxygen atoms in total. The highest BCUT2D eigenvalue weighted by molar-refractivity contribution is 5.92. The molecule has 0 saturated heterocycles. The van der Waals surface area contributed by atoms with E-state index in [0.29, 0.717) is 11.0 Å². The predicted molar refractivity (Wildman–Crippen MR) is 69.5 cm³/mol. The van der Waals surface area contributed by atoms with Gasteiger partial charge in [0, 0.05) is 7.11 Å². The number of ether oxygens (including phenoxy) is 2. The normalized spacial score (nSPS) is 12.3. The van der Waals surface area contributed by atoms with Gasteiger partial charge in [-0.2, -0.15) is 0 Å². The van der Waals surface area contributed by atoms with Gasteiger partial charge in [-0.25, -0.2) is 14.6 Å². The number of carboxylic acids is 1. The van der Waals surface area contributed by atoms with Gasteiger partial charge in [0.2, 0.25) is 0 Å². The van der Waals surface area contributed by atoms with Crippen molar-refractivity contribution < 1.29 is 24.2 Å². The molecule has 106 valence electrons. The van der Waals surface area contributed by atoms with E-state index in [2.05, 4.69) is 9.72 Å². The highest BCUT2D eigenvalue weighted by atomic mass is 16.6. The van der Waals surface area contributed by atoms with Gasteiger partial charge in [-0.05, 0) is 18.2 Å². The predicted octanol–water partition coefficient (Wildman–Crippen LogP) is 0.922. The molecular formula is C13H14N2O5.